The first-order valence-corrected chi connectivity index (χ1v) is 14.0. The molecule has 38 heavy (non-hydrogen) atoms. The maximum atomic E-state index is 6.24. The van der Waals surface area contributed by atoms with E-state index in [0.717, 1.165) is 36.5 Å². The minimum absolute atomic E-state index is 0.0327. The Balaban J connectivity index is 1.37. The van der Waals surface area contributed by atoms with Crippen LogP contribution in [0.4, 0.5) is 5.69 Å². The number of aromatic nitrogens is 2. The Hall–Kier alpha value is -3.64. The SMILES string of the molecule is Cc1cc([C@H]2[C@H](c3ccccn3)NC(=S)N2c2ccc(OC3CCCC3)cc2)c(C)n1Cc1ccccc1. The van der Waals surface area contributed by atoms with Crippen LogP contribution in [0.1, 0.15) is 66.0 Å². The summed E-state index contributed by atoms with van der Waals surface area (Å²) in [6, 6.07) is 27.4. The minimum atomic E-state index is -0.0659. The van der Waals surface area contributed by atoms with Crippen molar-refractivity contribution in [3.63, 3.8) is 0 Å². The van der Waals surface area contributed by atoms with Crippen LogP contribution in [-0.2, 0) is 6.54 Å². The minimum Gasteiger partial charge on any atom is -0.490 e. The number of nitrogens with one attached hydrogen (secondary N) is 1. The zero-order valence-corrected chi connectivity index (χ0v) is 22.8. The molecule has 0 radical (unpaired) electrons. The number of pyridine rings is 1. The van der Waals surface area contributed by atoms with Crippen LogP contribution in [-0.4, -0.2) is 20.8 Å². The second kappa shape index (κ2) is 10.6. The molecule has 2 aromatic heterocycles. The zero-order chi connectivity index (χ0) is 26.1. The summed E-state index contributed by atoms with van der Waals surface area (Å²) in [4.78, 5) is 6.97. The van der Waals surface area contributed by atoms with Gasteiger partial charge < -0.3 is 19.5 Å². The highest BCUT2D eigenvalue weighted by molar-refractivity contribution is 7.80. The van der Waals surface area contributed by atoms with E-state index in [2.05, 4.69) is 95.4 Å². The predicted molar refractivity (Wildman–Crippen MR) is 157 cm³/mol. The van der Waals surface area contributed by atoms with E-state index in [9.17, 15) is 0 Å². The summed E-state index contributed by atoms with van der Waals surface area (Å²) < 4.78 is 8.64. The topological polar surface area (TPSA) is 42.3 Å². The highest BCUT2D eigenvalue weighted by atomic mass is 32.1. The molecule has 3 heterocycles. The molecule has 2 atom stereocenters. The van der Waals surface area contributed by atoms with E-state index in [1.54, 1.807) is 0 Å². The van der Waals surface area contributed by atoms with Gasteiger partial charge in [0.2, 0.25) is 0 Å². The molecular weight excluding hydrogens is 488 g/mol. The Bertz CT molecular complexity index is 1390. The molecule has 4 aromatic rings. The van der Waals surface area contributed by atoms with Gasteiger partial charge in [-0.05, 0) is 105 Å². The van der Waals surface area contributed by atoms with Crippen LogP contribution >= 0.6 is 12.2 Å². The van der Waals surface area contributed by atoms with Crippen molar-refractivity contribution in [2.75, 3.05) is 4.90 Å². The number of benzene rings is 2. The number of thiocarbonyl (C=S) groups is 1. The number of anilines is 1. The van der Waals surface area contributed by atoms with E-state index in [1.165, 1.54) is 35.4 Å². The second-order valence-electron chi connectivity index (χ2n) is 10.4. The van der Waals surface area contributed by atoms with E-state index < -0.39 is 0 Å². The van der Waals surface area contributed by atoms with Gasteiger partial charge in [-0.1, -0.05) is 36.4 Å². The van der Waals surface area contributed by atoms with Gasteiger partial charge in [0.1, 0.15) is 5.75 Å². The molecule has 1 saturated carbocycles. The number of ether oxygens (including phenoxy) is 1. The fourth-order valence-corrected chi connectivity index (χ4v) is 6.32. The van der Waals surface area contributed by atoms with Crippen molar-refractivity contribution in [1.82, 2.24) is 14.9 Å². The number of rotatable bonds is 7. The molecular formula is C32H34N4OS. The molecule has 2 aliphatic rings. The first-order valence-electron chi connectivity index (χ1n) is 13.6. The lowest BCUT2D eigenvalue weighted by Gasteiger charge is -2.28. The average molecular weight is 523 g/mol. The molecule has 2 fully saturated rings. The first kappa shape index (κ1) is 24.7. The molecule has 0 spiro atoms. The number of hydrogen-bond acceptors (Lipinski definition) is 3. The fraction of sp³-hybridized carbons (Fsp3) is 0.312. The van der Waals surface area contributed by atoms with E-state index in [0.29, 0.717) is 11.2 Å². The van der Waals surface area contributed by atoms with Gasteiger partial charge in [0.25, 0.3) is 0 Å². The number of aryl methyl sites for hydroxylation is 1. The van der Waals surface area contributed by atoms with Gasteiger partial charge in [0.15, 0.2) is 5.11 Å². The van der Waals surface area contributed by atoms with Crippen molar-refractivity contribution in [2.24, 2.45) is 0 Å². The van der Waals surface area contributed by atoms with Gasteiger partial charge in [-0.25, -0.2) is 0 Å². The van der Waals surface area contributed by atoms with Crippen molar-refractivity contribution in [3.8, 4) is 5.75 Å². The molecule has 6 rings (SSSR count). The van der Waals surface area contributed by atoms with Crippen LogP contribution in [0.2, 0.25) is 0 Å². The van der Waals surface area contributed by atoms with Crippen molar-refractivity contribution in [2.45, 2.75) is 64.3 Å². The van der Waals surface area contributed by atoms with Crippen LogP contribution in [0, 0.1) is 13.8 Å². The summed E-state index contributed by atoms with van der Waals surface area (Å²) in [7, 11) is 0. The van der Waals surface area contributed by atoms with Crippen LogP contribution in [0.3, 0.4) is 0 Å². The molecule has 0 bridgehead atoms. The zero-order valence-electron chi connectivity index (χ0n) is 22.0. The molecule has 6 heteroatoms. The van der Waals surface area contributed by atoms with Crippen LogP contribution in [0.15, 0.2) is 85.1 Å². The molecule has 0 amide bonds. The standard InChI is InChI=1S/C32H34N4OS/c1-22-20-28(23(2)35(22)21-24-10-4-3-5-11-24)31-30(29-14-8-9-19-33-29)34-32(38)36(31)25-15-17-27(18-16-25)37-26-12-6-7-13-26/h3-5,8-11,14-20,26,30-31H,6-7,12-13,21H2,1-2H3,(H,34,38)/t30-,31-/m0/s1. The summed E-state index contributed by atoms with van der Waals surface area (Å²) in [5.74, 6) is 0.928. The maximum Gasteiger partial charge on any atom is 0.174 e. The van der Waals surface area contributed by atoms with E-state index in [-0.39, 0.29) is 12.1 Å². The van der Waals surface area contributed by atoms with Crippen molar-refractivity contribution in [1.29, 1.82) is 0 Å². The molecule has 1 aliphatic heterocycles. The normalized spacial score (nSPS) is 19.6. The number of hydrogen-bond donors (Lipinski definition) is 1. The highest BCUT2D eigenvalue weighted by Crippen LogP contribution is 2.43. The lowest BCUT2D eigenvalue weighted by atomic mass is 9.96. The second-order valence-corrected chi connectivity index (χ2v) is 10.8. The molecule has 0 unspecified atom stereocenters. The maximum absolute atomic E-state index is 6.24. The van der Waals surface area contributed by atoms with Gasteiger partial charge in [0, 0.05) is 29.8 Å². The average Bonchev–Trinajstić information content (AvgIpc) is 3.65. The lowest BCUT2D eigenvalue weighted by Crippen LogP contribution is -2.29. The van der Waals surface area contributed by atoms with Crippen molar-refractivity contribution >= 4 is 23.0 Å². The summed E-state index contributed by atoms with van der Waals surface area (Å²) in [5, 5.41) is 4.31. The Morgan fingerprint density at radius 1 is 0.947 bits per heavy atom. The largest absolute Gasteiger partial charge is 0.490 e. The Kier molecular flexibility index (Phi) is 6.90. The van der Waals surface area contributed by atoms with E-state index in [1.807, 2.05) is 18.3 Å². The quantitative estimate of drug-likeness (QED) is 0.264. The third-order valence-electron chi connectivity index (χ3n) is 7.93. The first-order chi connectivity index (χ1) is 18.6. The van der Waals surface area contributed by atoms with Gasteiger partial charge in [-0.15, -0.1) is 0 Å². The molecule has 1 N–H and O–H groups in total. The summed E-state index contributed by atoms with van der Waals surface area (Å²) >= 11 is 5.96. The summed E-state index contributed by atoms with van der Waals surface area (Å²) in [5.41, 5.74) is 7.06. The van der Waals surface area contributed by atoms with E-state index in [4.69, 9.17) is 21.9 Å². The Morgan fingerprint density at radius 3 is 2.39 bits per heavy atom. The third kappa shape index (κ3) is 4.81. The smallest absolute Gasteiger partial charge is 0.174 e. The third-order valence-corrected chi connectivity index (χ3v) is 8.25. The summed E-state index contributed by atoms with van der Waals surface area (Å²) in [6.07, 6.45) is 7.01. The van der Waals surface area contributed by atoms with Crippen molar-refractivity contribution in [3.05, 3.63) is 113 Å². The summed E-state index contributed by atoms with van der Waals surface area (Å²) in [6.45, 7) is 5.25. The van der Waals surface area contributed by atoms with Gasteiger partial charge in [0.05, 0.1) is 23.9 Å². The Labute approximate surface area is 230 Å². The van der Waals surface area contributed by atoms with E-state index >= 15 is 0 Å². The molecule has 5 nitrogen and oxygen atoms in total. The highest BCUT2D eigenvalue weighted by Gasteiger charge is 2.42. The fourth-order valence-electron chi connectivity index (χ4n) is 5.97. The molecule has 194 valence electrons. The number of nitrogens with zero attached hydrogens (tertiary/aromatic N) is 3. The van der Waals surface area contributed by atoms with Crippen LogP contribution in [0.25, 0.3) is 0 Å². The van der Waals surface area contributed by atoms with Gasteiger partial charge in [-0.2, -0.15) is 0 Å². The molecule has 1 saturated heterocycles. The predicted octanol–water partition coefficient (Wildman–Crippen LogP) is 7.05. The van der Waals surface area contributed by atoms with Crippen molar-refractivity contribution < 1.29 is 4.74 Å². The van der Waals surface area contributed by atoms with Crippen LogP contribution in [0.5, 0.6) is 5.75 Å². The molecule has 1 aliphatic carbocycles. The lowest BCUT2D eigenvalue weighted by molar-refractivity contribution is 0.210. The van der Waals surface area contributed by atoms with Crippen LogP contribution < -0.4 is 15.0 Å². The van der Waals surface area contributed by atoms with Gasteiger partial charge in [-0.3, -0.25) is 4.98 Å². The monoisotopic (exact) mass is 522 g/mol. The Morgan fingerprint density at radius 2 is 1.68 bits per heavy atom. The molecule has 2 aromatic carbocycles. The van der Waals surface area contributed by atoms with Gasteiger partial charge >= 0.3 is 0 Å².